The number of methoxy groups -OCH3 is 1. The van der Waals surface area contributed by atoms with Gasteiger partial charge in [0, 0.05) is 5.56 Å². The minimum atomic E-state index is -0.998. The predicted octanol–water partition coefficient (Wildman–Crippen LogP) is 3.99. The highest BCUT2D eigenvalue weighted by Gasteiger charge is 2.17. The zero-order chi connectivity index (χ0) is 14.0. The summed E-state index contributed by atoms with van der Waals surface area (Å²) >= 11 is 3.35. The van der Waals surface area contributed by atoms with Crippen molar-refractivity contribution in [3.05, 3.63) is 63.4 Å². The van der Waals surface area contributed by atoms with Crippen LogP contribution in [-0.2, 0) is 0 Å². The van der Waals surface area contributed by atoms with E-state index in [4.69, 9.17) is 4.74 Å². The van der Waals surface area contributed by atoms with Gasteiger partial charge in [-0.05, 0) is 46.1 Å². The van der Waals surface area contributed by atoms with Crippen LogP contribution in [0.15, 0.2) is 40.9 Å². The second-order valence-corrected chi connectivity index (χ2v) is 5.13. The summed E-state index contributed by atoms with van der Waals surface area (Å²) in [4.78, 5) is 0. The van der Waals surface area contributed by atoms with Crippen LogP contribution in [0.4, 0.5) is 4.39 Å². The molecule has 0 aromatic heterocycles. The summed E-state index contributed by atoms with van der Waals surface area (Å²) in [6.45, 7) is 1.68. The number of aliphatic hydroxyl groups is 1. The van der Waals surface area contributed by atoms with E-state index in [1.165, 1.54) is 0 Å². The third-order valence-corrected chi connectivity index (χ3v) is 3.63. The molecule has 19 heavy (non-hydrogen) atoms. The van der Waals surface area contributed by atoms with E-state index in [1.807, 2.05) is 0 Å². The fourth-order valence-electron chi connectivity index (χ4n) is 1.91. The van der Waals surface area contributed by atoms with Gasteiger partial charge < -0.3 is 9.84 Å². The molecule has 1 atom stereocenters. The van der Waals surface area contributed by atoms with Crippen LogP contribution in [0.3, 0.4) is 0 Å². The first-order valence-corrected chi connectivity index (χ1v) is 6.60. The highest BCUT2D eigenvalue weighted by atomic mass is 79.9. The highest BCUT2D eigenvalue weighted by molar-refractivity contribution is 9.10. The fraction of sp³-hybridized carbons (Fsp3) is 0.200. The van der Waals surface area contributed by atoms with Crippen molar-refractivity contribution >= 4 is 15.9 Å². The molecule has 4 heteroatoms. The molecule has 2 aromatic carbocycles. The third-order valence-electron chi connectivity index (χ3n) is 3.01. The first-order valence-electron chi connectivity index (χ1n) is 5.81. The van der Waals surface area contributed by atoms with Gasteiger partial charge in [-0.2, -0.15) is 0 Å². The van der Waals surface area contributed by atoms with E-state index in [0.29, 0.717) is 16.9 Å². The van der Waals surface area contributed by atoms with E-state index in [2.05, 4.69) is 15.9 Å². The Morgan fingerprint density at radius 1 is 1.26 bits per heavy atom. The molecule has 0 bridgehead atoms. The minimum Gasteiger partial charge on any atom is -0.496 e. The van der Waals surface area contributed by atoms with Crippen molar-refractivity contribution in [1.82, 2.24) is 0 Å². The van der Waals surface area contributed by atoms with E-state index in [-0.39, 0.29) is 11.4 Å². The van der Waals surface area contributed by atoms with Crippen LogP contribution < -0.4 is 4.74 Å². The molecule has 2 rings (SSSR count). The van der Waals surface area contributed by atoms with Crippen LogP contribution >= 0.6 is 15.9 Å². The summed E-state index contributed by atoms with van der Waals surface area (Å²) in [5, 5.41) is 10.3. The monoisotopic (exact) mass is 324 g/mol. The van der Waals surface area contributed by atoms with Crippen molar-refractivity contribution in [2.45, 2.75) is 13.0 Å². The molecule has 2 aromatic rings. The van der Waals surface area contributed by atoms with Crippen molar-refractivity contribution in [1.29, 1.82) is 0 Å². The first-order chi connectivity index (χ1) is 9.04. The number of ether oxygens (including phenoxy) is 1. The van der Waals surface area contributed by atoms with Crippen molar-refractivity contribution in [3.8, 4) is 5.75 Å². The maximum Gasteiger partial charge on any atom is 0.133 e. The van der Waals surface area contributed by atoms with Crippen LogP contribution in [0.2, 0.25) is 0 Å². The first kappa shape index (κ1) is 14.0. The second kappa shape index (κ2) is 5.72. The average molecular weight is 325 g/mol. The molecule has 1 N–H and O–H groups in total. The summed E-state index contributed by atoms with van der Waals surface area (Å²) < 4.78 is 19.8. The average Bonchev–Trinajstić information content (AvgIpc) is 2.41. The van der Waals surface area contributed by atoms with Crippen molar-refractivity contribution in [2.24, 2.45) is 0 Å². The van der Waals surface area contributed by atoms with E-state index < -0.39 is 6.10 Å². The predicted molar refractivity (Wildman–Crippen MR) is 75.9 cm³/mol. The van der Waals surface area contributed by atoms with Crippen LogP contribution in [0, 0.1) is 12.7 Å². The zero-order valence-electron chi connectivity index (χ0n) is 10.7. The van der Waals surface area contributed by atoms with Gasteiger partial charge in [0.2, 0.25) is 0 Å². The highest BCUT2D eigenvalue weighted by Crippen LogP contribution is 2.31. The number of halogens is 2. The number of hydrogen-bond donors (Lipinski definition) is 1. The Morgan fingerprint density at radius 2 is 2.00 bits per heavy atom. The molecule has 0 spiro atoms. The number of aryl methyl sites for hydroxylation is 1. The molecule has 0 fully saturated rings. The Bertz CT molecular complexity index is 599. The molecular weight excluding hydrogens is 311 g/mol. The molecule has 0 heterocycles. The third kappa shape index (κ3) is 2.80. The van der Waals surface area contributed by atoms with Crippen LogP contribution in [0.25, 0.3) is 0 Å². The number of rotatable bonds is 3. The maximum atomic E-state index is 14.0. The number of hydrogen-bond acceptors (Lipinski definition) is 2. The van der Waals surface area contributed by atoms with Gasteiger partial charge in [0.05, 0.1) is 11.6 Å². The van der Waals surface area contributed by atoms with E-state index in [0.717, 1.165) is 4.47 Å². The lowest BCUT2D eigenvalue weighted by atomic mass is 9.99. The zero-order valence-corrected chi connectivity index (χ0v) is 12.2. The molecule has 0 saturated carbocycles. The lowest BCUT2D eigenvalue weighted by Gasteiger charge is -2.15. The lowest BCUT2D eigenvalue weighted by molar-refractivity contribution is 0.214. The molecule has 2 nitrogen and oxygen atoms in total. The number of benzene rings is 2. The van der Waals surface area contributed by atoms with Gasteiger partial charge in [-0.3, -0.25) is 0 Å². The molecular formula is C15H14BrFO2. The normalized spacial score (nSPS) is 12.3. The summed E-state index contributed by atoms with van der Waals surface area (Å²) in [6, 6.07) is 10.2. The SMILES string of the molecule is COc1ccc(C(O)c2cccc(C)c2F)cc1Br. The second-order valence-electron chi connectivity index (χ2n) is 4.27. The molecule has 100 valence electrons. The van der Waals surface area contributed by atoms with Gasteiger partial charge in [-0.25, -0.2) is 4.39 Å². The van der Waals surface area contributed by atoms with E-state index in [1.54, 1.807) is 50.4 Å². The molecule has 0 aliphatic heterocycles. The molecule has 0 aliphatic carbocycles. The Kier molecular flexibility index (Phi) is 4.22. The maximum absolute atomic E-state index is 14.0. The Balaban J connectivity index is 2.41. The van der Waals surface area contributed by atoms with Gasteiger partial charge >= 0.3 is 0 Å². The molecule has 0 amide bonds. The molecule has 1 unspecified atom stereocenters. The Morgan fingerprint density at radius 3 is 2.63 bits per heavy atom. The largest absolute Gasteiger partial charge is 0.496 e. The summed E-state index contributed by atoms with van der Waals surface area (Å²) in [7, 11) is 1.57. The van der Waals surface area contributed by atoms with Gasteiger partial charge in [0.15, 0.2) is 0 Å². The summed E-state index contributed by atoms with van der Waals surface area (Å²) in [5.74, 6) is 0.294. The van der Waals surface area contributed by atoms with Gasteiger partial charge in [0.25, 0.3) is 0 Å². The van der Waals surface area contributed by atoms with E-state index >= 15 is 0 Å². The van der Waals surface area contributed by atoms with Crippen LogP contribution in [-0.4, -0.2) is 12.2 Å². The van der Waals surface area contributed by atoms with Crippen molar-refractivity contribution in [3.63, 3.8) is 0 Å². The standard InChI is InChI=1S/C15H14BrFO2/c1-9-4-3-5-11(14(9)17)15(18)10-6-7-13(19-2)12(16)8-10/h3-8,15,18H,1-2H3. The summed E-state index contributed by atoms with van der Waals surface area (Å²) in [6.07, 6.45) is -0.998. The Labute approximate surface area is 120 Å². The smallest absolute Gasteiger partial charge is 0.133 e. The topological polar surface area (TPSA) is 29.5 Å². The van der Waals surface area contributed by atoms with Gasteiger partial charge in [0.1, 0.15) is 17.7 Å². The van der Waals surface area contributed by atoms with Crippen LogP contribution in [0.5, 0.6) is 5.75 Å². The van der Waals surface area contributed by atoms with Crippen molar-refractivity contribution < 1.29 is 14.2 Å². The summed E-state index contributed by atoms with van der Waals surface area (Å²) in [5.41, 5.74) is 1.40. The van der Waals surface area contributed by atoms with Gasteiger partial charge in [-0.15, -0.1) is 0 Å². The molecule has 0 aliphatic rings. The quantitative estimate of drug-likeness (QED) is 0.925. The van der Waals surface area contributed by atoms with E-state index in [9.17, 15) is 9.50 Å². The Hall–Kier alpha value is -1.39. The van der Waals surface area contributed by atoms with Gasteiger partial charge in [-0.1, -0.05) is 24.3 Å². The minimum absolute atomic E-state index is 0.275. The van der Waals surface area contributed by atoms with Crippen LogP contribution in [0.1, 0.15) is 22.8 Å². The lowest BCUT2D eigenvalue weighted by Crippen LogP contribution is -2.04. The number of aliphatic hydroxyl groups excluding tert-OH is 1. The molecule has 0 saturated heterocycles. The fourth-order valence-corrected chi connectivity index (χ4v) is 2.47. The van der Waals surface area contributed by atoms with Crippen molar-refractivity contribution in [2.75, 3.05) is 7.11 Å². The molecule has 0 radical (unpaired) electrons.